The lowest BCUT2D eigenvalue weighted by molar-refractivity contribution is -0.167. The van der Waals surface area contributed by atoms with E-state index in [1.165, 1.54) is 205 Å². The lowest BCUT2D eigenvalue weighted by Crippen LogP contribution is -2.30. The van der Waals surface area contributed by atoms with Crippen molar-refractivity contribution in [3.05, 3.63) is 36.5 Å². The van der Waals surface area contributed by atoms with Gasteiger partial charge in [-0.25, -0.2) is 0 Å². The molecule has 0 saturated heterocycles. The number of esters is 3. The van der Waals surface area contributed by atoms with Crippen molar-refractivity contribution in [3.8, 4) is 0 Å². The van der Waals surface area contributed by atoms with E-state index in [0.29, 0.717) is 19.3 Å². The summed E-state index contributed by atoms with van der Waals surface area (Å²) in [6.07, 6.45) is 70.1. The van der Waals surface area contributed by atoms with Gasteiger partial charge in [-0.3, -0.25) is 14.4 Å². The van der Waals surface area contributed by atoms with Gasteiger partial charge in [-0.15, -0.1) is 0 Å². The van der Waals surface area contributed by atoms with Gasteiger partial charge in [-0.2, -0.15) is 0 Å². The molecule has 0 bridgehead atoms. The Bertz CT molecular complexity index is 1160. The molecule has 0 spiro atoms. The smallest absolute Gasteiger partial charge is 0.306 e. The molecular weight excluding hydrogens is 853 g/mol. The fourth-order valence-corrected chi connectivity index (χ4v) is 9.00. The van der Waals surface area contributed by atoms with Crippen LogP contribution < -0.4 is 0 Å². The molecule has 0 aromatic heterocycles. The van der Waals surface area contributed by atoms with Gasteiger partial charge in [-0.1, -0.05) is 269 Å². The van der Waals surface area contributed by atoms with E-state index in [9.17, 15) is 14.4 Å². The predicted octanol–water partition coefficient (Wildman–Crippen LogP) is 20.4. The minimum absolute atomic E-state index is 0.0740. The van der Waals surface area contributed by atoms with Crippen molar-refractivity contribution in [1.82, 2.24) is 0 Å². The molecule has 0 radical (unpaired) electrons. The molecule has 0 aliphatic heterocycles. The van der Waals surface area contributed by atoms with Crippen LogP contribution in [0.15, 0.2) is 36.5 Å². The van der Waals surface area contributed by atoms with Crippen LogP contribution in [0, 0.1) is 0 Å². The second-order valence-electron chi connectivity index (χ2n) is 20.6. The number of carbonyl (C=O) groups is 3. The Hall–Kier alpha value is -2.37. The van der Waals surface area contributed by atoms with Gasteiger partial charge in [-0.05, 0) is 77.0 Å². The first-order valence-corrected chi connectivity index (χ1v) is 30.5. The third kappa shape index (κ3) is 56.4. The van der Waals surface area contributed by atoms with Crippen molar-refractivity contribution < 1.29 is 28.6 Å². The van der Waals surface area contributed by atoms with Crippen LogP contribution in [0.3, 0.4) is 0 Å². The number of hydrogen-bond donors (Lipinski definition) is 0. The first-order chi connectivity index (χ1) is 34.0. The van der Waals surface area contributed by atoms with Crippen molar-refractivity contribution in [3.63, 3.8) is 0 Å². The second kappa shape index (κ2) is 58.2. The van der Waals surface area contributed by atoms with E-state index >= 15 is 0 Å². The van der Waals surface area contributed by atoms with Gasteiger partial charge < -0.3 is 14.2 Å². The highest BCUT2D eigenvalue weighted by molar-refractivity contribution is 5.71. The predicted molar refractivity (Wildman–Crippen MR) is 298 cm³/mol. The molecule has 0 aliphatic carbocycles. The molecule has 0 rings (SSSR count). The summed E-state index contributed by atoms with van der Waals surface area (Å²) in [5, 5.41) is 0. The third-order valence-electron chi connectivity index (χ3n) is 13.6. The fraction of sp³-hybridized carbons (Fsp3) is 0.857. The molecule has 1 atom stereocenters. The number of rotatable bonds is 56. The molecular formula is C63H116O6. The van der Waals surface area contributed by atoms with Gasteiger partial charge >= 0.3 is 17.9 Å². The maximum Gasteiger partial charge on any atom is 0.306 e. The minimum Gasteiger partial charge on any atom is -0.462 e. The third-order valence-corrected chi connectivity index (χ3v) is 13.6. The summed E-state index contributed by atoms with van der Waals surface area (Å²) in [7, 11) is 0. The van der Waals surface area contributed by atoms with Crippen LogP contribution in [-0.4, -0.2) is 37.2 Å². The maximum absolute atomic E-state index is 12.8. The van der Waals surface area contributed by atoms with Crippen LogP contribution in [0.2, 0.25) is 0 Å². The Balaban J connectivity index is 4.21. The zero-order valence-corrected chi connectivity index (χ0v) is 46.3. The Morgan fingerprint density at radius 2 is 0.522 bits per heavy atom. The number of allylic oxidation sites excluding steroid dienone is 6. The Kier molecular flexibility index (Phi) is 56.2. The molecule has 69 heavy (non-hydrogen) atoms. The Morgan fingerprint density at radius 1 is 0.290 bits per heavy atom. The van der Waals surface area contributed by atoms with Crippen LogP contribution in [-0.2, 0) is 28.6 Å². The molecule has 0 fully saturated rings. The monoisotopic (exact) mass is 969 g/mol. The molecule has 0 heterocycles. The van der Waals surface area contributed by atoms with E-state index in [-0.39, 0.29) is 31.1 Å². The van der Waals surface area contributed by atoms with Crippen LogP contribution in [0.4, 0.5) is 0 Å². The minimum atomic E-state index is -0.776. The SMILES string of the molecule is CCCCC/C=C\C/C=C\CCCCCCCC(=O)OC(COC(=O)CCCCCCCCCCCCC)COC(=O)CCCCCCCCCCCCCCC/C=C\CCCCCCCCCC. The van der Waals surface area contributed by atoms with Gasteiger partial charge in [0.1, 0.15) is 13.2 Å². The quantitative estimate of drug-likeness (QED) is 0.0261. The van der Waals surface area contributed by atoms with E-state index in [1.54, 1.807) is 0 Å². The molecule has 6 nitrogen and oxygen atoms in total. The van der Waals surface area contributed by atoms with Gasteiger partial charge in [0.25, 0.3) is 0 Å². The van der Waals surface area contributed by atoms with E-state index < -0.39 is 6.10 Å². The van der Waals surface area contributed by atoms with Gasteiger partial charge in [0, 0.05) is 19.3 Å². The highest BCUT2D eigenvalue weighted by atomic mass is 16.6. The van der Waals surface area contributed by atoms with Crippen LogP contribution in [0.25, 0.3) is 0 Å². The zero-order valence-electron chi connectivity index (χ0n) is 46.3. The van der Waals surface area contributed by atoms with Crippen molar-refractivity contribution in [2.45, 2.75) is 335 Å². The van der Waals surface area contributed by atoms with E-state index in [4.69, 9.17) is 14.2 Å². The summed E-state index contributed by atoms with van der Waals surface area (Å²) < 4.78 is 16.9. The number of carbonyl (C=O) groups excluding carboxylic acids is 3. The molecule has 0 aromatic carbocycles. The first kappa shape index (κ1) is 66.6. The van der Waals surface area contributed by atoms with Crippen LogP contribution >= 0.6 is 0 Å². The lowest BCUT2D eigenvalue weighted by Gasteiger charge is -2.18. The number of unbranched alkanes of at least 4 members (excludes halogenated alkanes) is 39. The van der Waals surface area contributed by atoms with E-state index in [0.717, 1.165) is 83.5 Å². The summed E-state index contributed by atoms with van der Waals surface area (Å²) in [5.41, 5.74) is 0. The molecule has 0 N–H and O–H groups in total. The highest BCUT2D eigenvalue weighted by Crippen LogP contribution is 2.17. The molecule has 6 heteroatoms. The topological polar surface area (TPSA) is 78.9 Å². The molecule has 1 unspecified atom stereocenters. The summed E-state index contributed by atoms with van der Waals surface area (Å²) in [5.74, 6) is -0.871. The van der Waals surface area contributed by atoms with Gasteiger partial charge in [0.15, 0.2) is 6.10 Å². The number of hydrogen-bond acceptors (Lipinski definition) is 6. The molecule has 0 amide bonds. The van der Waals surface area contributed by atoms with Gasteiger partial charge in [0.2, 0.25) is 0 Å². The zero-order chi connectivity index (χ0) is 50.0. The standard InChI is InChI=1S/C63H116O6/c1-4-7-10-13-16-19-22-24-26-27-28-29-30-31-32-33-34-35-37-38-41-44-47-50-53-56-62(65)68-59-60(58-67-61(64)55-52-49-46-43-40-21-18-15-12-9-6-3)69-63(66)57-54-51-48-45-42-39-36-25-23-20-17-14-11-8-5-2/h17,20,25,27-28,36,60H,4-16,18-19,21-24,26,29-35,37-59H2,1-3H3/b20-17-,28-27-,36-25-. The second-order valence-corrected chi connectivity index (χ2v) is 20.6. The van der Waals surface area contributed by atoms with Crippen LogP contribution in [0.1, 0.15) is 329 Å². The van der Waals surface area contributed by atoms with Crippen LogP contribution in [0.5, 0.6) is 0 Å². The van der Waals surface area contributed by atoms with Crippen molar-refractivity contribution in [2.75, 3.05) is 13.2 Å². The van der Waals surface area contributed by atoms with Crippen molar-refractivity contribution in [2.24, 2.45) is 0 Å². The normalized spacial score (nSPS) is 12.2. The Morgan fingerprint density at radius 3 is 0.841 bits per heavy atom. The fourth-order valence-electron chi connectivity index (χ4n) is 9.00. The van der Waals surface area contributed by atoms with E-state index in [1.807, 2.05) is 0 Å². The van der Waals surface area contributed by atoms with E-state index in [2.05, 4.69) is 57.2 Å². The highest BCUT2D eigenvalue weighted by Gasteiger charge is 2.19. The van der Waals surface area contributed by atoms with Gasteiger partial charge in [0.05, 0.1) is 0 Å². The summed E-state index contributed by atoms with van der Waals surface area (Å²) in [4.78, 5) is 38.1. The van der Waals surface area contributed by atoms with Crippen molar-refractivity contribution in [1.29, 1.82) is 0 Å². The first-order valence-electron chi connectivity index (χ1n) is 30.5. The molecule has 0 aliphatic rings. The number of ether oxygens (including phenoxy) is 3. The molecule has 0 aromatic rings. The molecule has 404 valence electrons. The average molecular weight is 970 g/mol. The Labute approximate surface area is 429 Å². The maximum atomic E-state index is 12.8. The molecule has 0 saturated carbocycles. The summed E-state index contributed by atoms with van der Waals surface area (Å²) in [6.45, 7) is 6.64. The largest absolute Gasteiger partial charge is 0.462 e. The summed E-state index contributed by atoms with van der Waals surface area (Å²) in [6, 6.07) is 0. The average Bonchev–Trinajstić information content (AvgIpc) is 3.35. The van der Waals surface area contributed by atoms with Crippen molar-refractivity contribution >= 4 is 17.9 Å². The lowest BCUT2D eigenvalue weighted by atomic mass is 10.0. The summed E-state index contributed by atoms with van der Waals surface area (Å²) >= 11 is 0.